The summed E-state index contributed by atoms with van der Waals surface area (Å²) in [5.41, 5.74) is 7.51. The fraction of sp³-hybridized carbons (Fsp3) is 0.267. The standard InChI is InChI=1S/C30H34N6O4/c1-3-35(17-19-37)23-13-9-21(10-14-23)31-33-27-25-7-5-6-8-26(25)28(30(40)29(27)39)34-32-22-11-15-24(16-12-22)36(4-2)18-20-38/h5-16,31-32,37-38H,3-4,17-20H2,1-2H3. The van der Waals surface area contributed by atoms with Crippen molar-refractivity contribution in [3.63, 3.8) is 0 Å². The first kappa shape index (κ1) is 28.5. The average molecular weight is 543 g/mol. The molecule has 10 heteroatoms. The molecule has 40 heavy (non-hydrogen) atoms. The van der Waals surface area contributed by atoms with Gasteiger partial charge in [-0.15, -0.1) is 0 Å². The predicted molar refractivity (Wildman–Crippen MR) is 160 cm³/mol. The van der Waals surface area contributed by atoms with Crippen LogP contribution in [-0.2, 0) is 0 Å². The van der Waals surface area contributed by atoms with E-state index in [2.05, 4.69) is 21.1 Å². The second kappa shape index (κ2) is 13.5. The molecule has 208 valence electrons. The van der Waals surface area contributed by atoms with Gasteiger partial charge in [0.2, 0.25) is 0 Å². The molecule has 4 N–H and O–H groups in total. The molecule has 0 saturated carbocycles. The molecule has 4 aromatic rings. The number of benzene rings is 4. The molecule has 0 heterocycles. The van der Waals surface area contributed by atoms with Crippen LogP contribution in [0, 0.1) is 0 Å². The zero-order valence-electron chi connectivity index (χ0n) is 22.7. The van der Waals surface area contributed by atoms with Crippen molar-refractivity contribution in [2.24, 2.45) is 10.2 Å². The van der Waals surface area contributed by atoms with Gasteiger partial charge in [-0.2, -0.15) is 10.2 Å². The van der Waals surface area contributed by atoms with Crippen molar-refractivity contribution in [2.75, 3.05) is 60.0 Å². The fourth-order valence-corrected chi connectivity index (χ4v) is 4.49. The maximum atomic E-state index is 13.1. The van der Waals surface area contributed by atoms with E-state index in [9.17, 15) is 19.8 Å². The Kier molecular flexibility index (Phi) is 9.61. The molecule has 0 aliphatic rings. The van der Waals surface area contributed by atoms with E-state index in [0.717, 1.165) is 24.5 Å². The Morgan fingerprint density at radius 3 is 1.32 bits per heavy atom. The zero-order valence-corrected chi connectivity index (χ0v) is 22.7. The lowest BCUT2D eigenvalue weighted by Gasteiger charge is -2.22. The molecule has 0 amide bonds. The van der Waals surface area contributed by atoms with Crippen molar-refractivity contribution >= 4 is 33.5 Å². The normalized spacial score (nSPS) is 12.1. The number of anilines is 4. The van der Waals surface area contributed by atoms with Gasteiger partial charge in [0.05, 0.1) is 24.6 Å². The van der Waals surface area contributed by atoms with Gasteiger partial charge in [-0.3, -0.25) is 20.4 Å². The largest absolute Gasteiger partial charge is 0.395 e. The van der Waals surface area contributed by atoms with Gasteiger partial charge in [0.1, 0.15) is 10.7 Å². The van der Waals surface area contributed by atoms with Crippen LogP contribution < -0.4 is 42.2 Å². The zero-order chi connectivity index (χ0) is 28.5. The molecule has 0 aromatic heterocycles. The molecule has 0 saturated heterocycles. The summed E-state index contributed by atoms with van der Waals surface area (Å²) < 4.78 is 0. The van der Waals surface area contributed by atoms with Gasteiger partial charge in [-0.25, -0.2) is 0 Å². The highest BCUT2D eigenvalue weighted by Crippen LogP contribution is 2.18. The van der Waals surface area contributed by atoms with Gasteiger partial charge in [-0.05, 0) is 62.4 Å². The third-order valence-electron chi connectivity index (χ3n) is 6.64. The van der Waals surface area contributed by atoms with Gasteiger partial charge >= 0.3 is 0 Å². The van der Waals surface area contributed by atoms with Crippen LogP contribution in [0.1, 0.15) is 13.8 Å². The number of aliphatic hydroxyl groups excluding tert-OH is 2. The summed E-state index contributed by atoms with van der Waals surface area (Å²) in [6.45, 7) is 6.74. The van der Waals surface area contributed by atoms with E-state index >= 15 is 0 Å². The maximum absolute atomic E-state index is 13.1. The highest BCUT2D eigenvalue weighted by atomic mass is 16.3. The highest BCUT2D eigenvalue weighted by Gasteiger charge is 2.10. The molecule has 0 atom stereocenters. The summed E-state index contributed by atoms with van der Waals surface area (Å²) in [6, 6.07) is 21.9. The summed E-state index contributed by atoms with van der Waals surface area (Å²) in [5.74, 6) is 0. The summed E-state index contributed by atoms with van der Waals surface area (Å²) in [7, 11) is 0. The Morgan fingerprint density at radius 1 is 0.625 bits per heavy atom. The molecule has 0 radical (unpaired) electrons. The summed E-state index contributed by atoms with van der Waals surface area (Å²) in [4.78, 5) is 30.3. The minimum absolute atomic E-state index is 0.0204. The SMILES string of the molecule is CCN(CCO)c1ccc(NN=c2c(=O)c(=O)c(=NNc3ccc(N(CC)CCO)cc3)c3ccccc23)cc1. The van der Waals surface area contributed by atoms with Crippen LogP contribution in [0.4, 0.5) is 22.7 Å². The molecule has 0 spiro atoms. The number of fused-ring (bicyclic) bond motifs is 1. The molecular formula is C30H34N6O4. The van der Waals surface area contributed by atoms with E-state index < -0.39 is 10.9 Å². The average Bonchev–Trinajstić information content (AvgIpc) is 2.99. The topological polar surface area (TPSA) is 130 Å². The number of nitrogens with zero attached hydrogens (tertiary/aromatic N) is 4. The van der Waals surface area contributed by atoms with Crippen LogP contribution >= 0.6 is 0 Å². The molecule has 0 aliphatic carbocycles. The van der Waals surface area contributed by atoms with Crippen molar-refractivity contribution in [3.05, 3.63) is 104 Å². The summed E-state index contributed by atoms with van der Waals surface area (Å²) >= 11 is 0. The van der Waals surface area contributed by atoms with E-state index in [1.165, 1.54) is 0 Å². The smallest absolute Gasteiger partial charge is 0.256 e. The van der Waals surface area contributed by atoms with E-state index in [1.54, 1.807) is 24.3 Å². The molecular weight excluding hydrogens is 508 g/mol. The summed E-state index contributed by atoms with van der Waals surface area (Å²) in [5, 5.41) is 28.2. The first-order valence-electron chi connectivity index (χ1n) is 13.3. The first-order chi connectivity index (χ1) is 19.5. The van der Waals surface area contributed by atoms with Gasteiger partial charge in [0.15, 0.2) is 0 Å². The van der Waals surface area contributed by atoms with E-state index in [1.807, 2.05) is 72.2 Å². The number of nitrogens with one attached hydrogen (secondary N) is 2. The van der Waals surface area contributed by atoms with E-state index in [-0.39, 0.29) is 23.9 Å². The minimum atomic E-state index is -0.749. The van der Waals surface area contributed by atoms with Gasteiger partial charge in [-0.1, -0.05) is 24.3 Å². The molecule has 0 aliphatic heterocycles. The van der Waals surface area contributed by atoms with Crippen molar-refractivity contribution < 1.29 is 10.2 Å². The van der Waals surface area contributed by atoms with Crippen LogP contribution in [0.3, 0.4) is 0 Å². The minimum Gasteiger partial charge on any atom is -0.395 e. The Morgan fingerprint density at radius 2 is 1.00 bits per heavy atom. The quantitative estimate of drug-likeness (QED) is 0.158. The second-order valence-corrected chi connectivity index (χ2v) is 9.05. The predicted octanol–water partition coefficient (Wildman–Crippen LogP) is 1.93. The number of rotatable bonds is 12. The van der Waals surface area contributed by atoms with Gasteiger partial charge in [0.25, 0.3) is 10.9 Å². The monoisotopic (exact) mass is 542 g/mol. The third-order valence-corrected chi connectivity index (χ3v) is 6.64. The number of hydrogen-bond acceptors (Lipinski definition) is 10. The van der Waals surface area contributed by atoms with Crippen molar-refractivity contribution in [1.29, 1.82) is 0 Å². The lowest BCUT2D eigenvalue weighted by Crippen LogP contribution is -2.48. The van der Waals surface area contributed by atoms with Crippen LogP contribution in [0.15, 0.2) is 92.6 Å². The lowest BCUT2D eigenvalue weighted by molar-refractivity contribution is 0.302. The van der Waals surface area contributed by atoms with Crippen LogP contribution in [0.5, 0.6) is 0 Å². The van der Waals surface area contributed by atoms with E-state index in [0.29, 0.717) is 35.2 Å². The number of hydrogen-bond donors (Lipinski definition) is 4. The lowest BCUT2D eigenvalue weighted by atomic mass is 10.1. The molecule has 0 fully saturated rings. The Labute approximate surface area is 231 Å². The third kappa shape index (κ3) is 6.36. The van der Waals surface area contributed by atoms with Crippen LogP contribution in [0.2, 0.25) is 0 Å². The summed E-state index contributed by atoms with van der Waals surface area (Å²) in [6.07, 6.45) is 0. The van der Waals surface area contributed by atoms with Crippen LogP contribution in [-0.4, -0.2) is 49.6 Å². The molecule has 4 rings (SSSR count). The van der Waals surface area contributed by atoms with Gasteiger partial charge < -0.3 is 20.0 Å². The molecule has 4 aromatic carbocycles. The highest BCUT2D eigenvalue weighted by molar-refractivity contribution is 5.81. The van der Waals surface area contributed by atoms with Crippen molar-refractivity contribution in [1.82, 2.24) is 0 Å². The van der Waals surface area contributed by atoms with Crippen molar-refractivity contribution in [2.45, 2.75) is 13.8 Å². The van der Waals surface area contributed by atoms with E-state index in [4.69, 9.17) is 0 Å². The van der Waals surface area contributed by atoms with Crippen molar-refractivity contribution in [3.8, 4) is 0 Å². The van der Waals surface area contributed by atoms with Gasteiger partial charge in [0, 0.05) is 48.3 Å². The fourth-order valence-electron chi connectivity index (χ4n) is 4.49. The number of aliphatic hydroxyl groups is 2. The Bertz CT molecular complexity index is 1520. The first-order valence-corrected chi connectivity index (χ1v) is 13.3. The molecule has 0 unspecified atom stereocenters. The second-order valence-electron chi connectivity index (χ2n) is 9.05. The number of likely N-dealkylation sites (N-methyl/N-ethyl adjacent to an activating group) is 2. The molecule has 10 nitrogen and oxygen atoms in total. The Balaban J connectivity index is 1.65. The maximum Gasteiger partial charge on any atom is 0.256 e. The van der Waals surface area contributed by atoms with Crippen LogP contribution in [0.25, 0.3) is 10.8 Å². The molecule has 0 bridgehead atoms. The Hall–Kier alpha value is -4.54.